The van der Waals surface area contributed by atoms with Gasteiger partial charge < -0.3 is 4.74 Å². The number of hydrogen-bond donors (Lipinski definition) is 0. The van der Waals surface area contributed by atoms with E-state index in [0.29, 0.717) is 6.54 Å². The smallest absolute Gasteiger partial charge is 0.232 e. The summed E-state index contributed by atoms with van der Waals surface area (Å²) in [6.45, 7) is 0.545. The van der Waals surface area contributed by atoms with Crippen LogP contribution in [-0.4, -0.2) is 33.3 Å². The minimum atomic E-state index is -3.24. The Morgan fingerprint density at radius 3 is 2.56 bits per heavy atom. The van der Waals surface area contributed by atoms with Gasteiger partial charge in [-0.1, -0.05) is 6.07 Å². The number of aryl methyl sites for hydroxylation is 1. The Balaban J connectivity index is 1.66. The Labute approximate surface area is 163 Å². The summed E-state index contributed by atoms with van der Waals surface area (Å²) in [5, 5.41) is 2.99. The first-order valence-electron chi connectivity index (χ1n) is 8.67. The third-order valence-corrected chi connectivity index (χ3v) is 6.76. The Kier molecular flexibility index (Phi) is 4.65. The van der Waals surface area contributed by atoms with Crippen molar-refractivity contribution in [3.05, 3.63) is 53.4 Å². The molecule has 0 radical (unpaired) electrons. The number of anilines is 1. The number of hydrogen-bond acceptors (Lipinski definition) is 5. The van der Waals surface area contributed by atoms with Gasteiger partial charge in [-0.05, 0) is 54.8 Å². The van der Waals surface area contributed by atoms with Crippen molar-refractivity contribution in [1.82, 2.24) is 4.98 Å². The molecule has 1 aliphatic rings. The Morgan fingerprint density at radius 2 is 1.85 bits per heavy atom. The Hall–Kier alpha value is -2.38. The van der Waals surface area contributed by atoms with Crippen LogP contribution in [0.5, 0.6) is 5.75 Å². The molecule has 5 nitrogen and oxygen atoms in total. The minimum Gasteiger partial charge on any atom is -0.497 e. The van der Waals surface area contributed by atoms with Crippen molar-refractivity contribution in [3.63, 3.8) is 0 Å². The van der Waals surface area contributed by atoms with Crippen LogP contribution in [0.1, 0.15) is 12.0 Å². The van der Waals surface area contributed by atoms with Crippen LogP contribution in [-0.2, 0) is 16.4 Å². The number of fused-ring (bicyclic) bond motifs is 1. The topological polar surface area (TPSA) is 59.5 Å². The number of ether oxygens (including phenoxy) is 1. The molecule has 4 rings (SSSR count). The summed E-state index contributed by atoms with van der Waals surface area (Å²) in [7, 11) is -1.59. The second-order valence-corrected chi connectivity index (χ2v) is 9.31. The molecule has 27 heavy (non-hydrogen) atoms. The van der Waals surface area contributed by atoms with E-state index >= 15 is 0 Å². The van der Waals surface area contributed by atoms with Crippen LogP contribution in [0.2, 0.25) is 0 Å². The van der Waals surface area contributed by atoms with Gasteiger partial charge in [-0.15, -0.1) is 11.3 Å². The highest BCUT2D eigenvalue weighted by Crippen LogP contribution is 2.35. The van der Waals surface area contributed by atoms with Gasteiger partial charge in [-0.2, -0.15) is 0 Å². The van der Waals surface area contributed by atoms with Gasteiger partial charge in [-0.25, -0.2) is 13.4 Å². The average molecular weight is 401 g/mol. The molecule has 140 valence electrons. The number of thiazole rings is 1. The van der Waals surface area contributed by atoms with E-state index in [1.807, 2.05) is 41.8 Å². The van der Waals surface area contributed by atoms with Gasteiger partial charge in [0.2, 0.25) is 10.0 Å². The lowest BCUT2D eigenvalue weighted by molar-refractivity contribution is 0.415. The maximum Gasteiger partial charge on any atom is 0.232 e. The lowest BCUT2D eigenvalue weighted by Gasteiger charge is -2.29. The summed E-state index contributed by atoms with van der Waals surface area (Å²) >= 11 is 1.59. The van der Waals surface area contributed by atoms with Crippen LogP contribution in [0, 0.1) is 0 Å². The maximum absolute atomic E-state index is 12.0. The van der Waals surface area contributed by atoms with Crippen molar-refractivity contribution >= 4 is 27.0 Å². The summed E-state index contributed by atoms with van der Waals surface area (Å²) in [4.78, 5) is 4.77. The van der Waals surface area contributed by atoms with E-state index in [4.69, 9.17) is 9.72 Å². The van der Waals surface area contributed by atoms with E-state index in [-0.39, 0.29) is 0 Å². The molecule has 1 aliphatic heterocycles. The second kappa shape index (κ2) is 6.98. The average Bonchev–Trinajstić information content (AvgIpc) is 3.16. The van der Waals surface area contributed by atoms with Gasteiger partial charge in [0, 0.05) is 23.1 Å². The van der Waals surface area contributed by atoms with Crippen LogP contribution in [0.15, 0.2) is 47.8 Å². The lowest BCUT2D eigenvalue weighted by Crippen LogP contribution is -2.34. The molecule has 0 aliphatic carbocycles. The molecule has 0 atom stereocenters. The van der Waals surface area contributed by atoms with Crippen LogP contribution in [0.3, 0.4) is 0 Å². The van der Waals surface area contributed by atoms with Gasteiger partial charge in [0.15, 0.2) is 0 Å². The first-order valence-corrected chi connectivity index (χ1v) is 11.4. The molecule has 0 N–H and O–H groups in total. The van der Waals surface area contributed by atoms with Crippen molar-refractivity contribution in [3.8, 4) is 27.6 Å². The number of aromatic nitrogens is 1. The third kappa shape index (κ3) is 3.57. The van der Waals surface area contributed by atoms with Gasteiger partial charge in [0.1, 0.15) is 10.8 Å². The van der Waals surface area contributed by atoms with E-state index in [2.05, 4.69) is 6.07 Å². The Morgan fingerprint density at radius 1 is 1.11 bits per heavy atom. The highest BCUT2D eigenvalue weighted by Gasteiger charge is 2.24. The van der Waals surface area contributed by atoms with Crippen molar-refractivity contribution in [2.24, 2.45) is 0 Å². The molecule has 1 aromatic heterocycles. The number of methoxy groups -OCH3 is 1. The molecule has 0 unspecified atom stereocenters. The van der Waals surface area contributed by atoms with Crippen LogP contribution < -0.4 is 9.04 Å². The molecule has 0 saturated heterocycles. The van der Waals surface area contributed by atoms with Crippen LogP contribution in [0.25, 0.3) is 21.8 Å². The van der Waals surface area contributed by atoms with E-state index in [0.717, 1.165) is 51.7 Å². The first-order chi connectivity index (χ1) is 13.0. The molecule has 0 spiro atoms. The Bertz CT molecular complexity index is 1070. The molecule has 0 fully saturated rings. The maximum atomic E-state index is 12.0. The fourth-order valence-electron chi connectivity index (χ4n) is 3.34. The zero-order chi connectivity index (χ0) is 19.0. The number of nitrogens with zero attached hydrogens (tertiary/aromatic N) is 2. The van der Waals surface area contributed by atoms with Crippen molar-refractivity contribution < 1.29 is 13.2 Å². The van der Waals surface area contributed by atoms with Gasteiger partial charge in [0.05, 0.1) is 24.7 Å². The molecular weight excluding hydrogens is 380 g/mol. The van der Waals surface area contributed by atoms with E-state index in [9.17, 15) is 8.42 Å². The highest BCUT2D eigenvalue weighted by molar-refractivity contribution is 7.92. The summed E-state index contributed by atoms with van der Waals surface area (Å²) in [6.07, 6.45) is 2.97. The quantitative estimate of drug-likeness (QED) is 0.659. The molecule has 0 amide bonds. The second-order valence-electron chi connectivity index (χ2n) is 6.55. The third-order valence-electron chi connectivity index (χ3n) is 4.69. The SMILES string of the molecule is COc1ccc(-c2nc(-c3ccc4c(c3)CCCN4S(C)(=O)=O)cs2)cc1. The molecule has 3 aromatic rings. The molecule has 2 heterocycles. The van der Waals surface area contributed by atoms with E-state index in [1.54, 1.807) is 18.4 Å². The molecular formula is C20H20N2O3S2. The summed E-state index contributed by atoms with van der Waals surface area (Å²) < 4.78 is 30.7. The minimum absolute atomic E-state index is 0.545. The fourth-order valence-corrected chi connectivity index (χ4v) is 5.17. The lowest BCUT2D eigenvalue weighted by atomic mass is 10.00. The predicted octanol–water partition coefficient (Wildman–Crippen LogP) is 4.20. The normalized spacial score (nSPS) is 14.1. The van der Waals surface area contributed by atoms with Gasteiger partial charge >= 0.3 is 0 Å². The van der Waals surface area contributed by atoms with Crippen molar-refractivity contribution in [2.75, 3.05) is 24.2 Å². The summed E-state index contributed by atoms with van der Waals surface area (Å²) in [5.74, 6) is 0.820. The number of rotatable bonds is 4. The van der Waals surface area contributed by atoms with Crippen molar-refractivity contribution in [2.45, 2.75) is 12.8 Å². The fraction of sp³-hybridized carbons (Fsp3) is 0.250. The number of sulfonamides is 1. The summed E-state index contributed by atoms with van der Waals surface area (Å²) in [6, 6.07) is 13.8. The molecule has 0 saturated carbocycles. The van der Waals surface area contributed by atoms with Crippen LogP contribution >= 0.6 is 11.3 Å². The van der Waals surface area contributed by atoms with Gasteiger partial charge in [-0.3, -0.25) is 4.31 Å². The predicted molar refractivity (Wildman–Crippen MR) is 110 cm³/mol. The van der Waals surface area contributed by atoms with Crippen molar-refractivity contribution in [1.29, 1.82) is 0 Å². The largest absolute Gasteiger partial charge is 0.497 e. The monoisotopic (exact) mass is 400 g/mol. The summed E-state index contributed by atoms with van der Waals surface area (Å²) in [5.41, 5.74) is 4.82. The molecule has 2 aromatic carbocycles. The zero-order valence-electron chi connectivity index (χ0n) is 15.2. The highest BCUT2D eigenvalue weighted by atomic mass is 32.2. The number of benzene rings is 2. The van der Waals surface area contributed by atoms with Gasteiger partial charge in [0.25, 0.3) is 0 Å². The first kappa shape index (κ1) is 18.0. The standard InChI is InChI=1S/C20H20N2O3S2/c1-25-17-8-5-14(6-9-17)20-21-18(13-26-20)15-7-10-19-16(12-15)4-3-11-22(19)27(2,23)24/h5-10,12-13H,3-4,11H2,1-2H3. The van der Waals surface area contributed by atoms with E-state index < -0.39 is 10.0 Å². The van der Waals surface area contributed by atoms with E-state index in [1.165, 1.54) is 10.6 Å². The van der Waals surface area contributed by atoms with Crippen LogP contribution in [0.4, 0.5) is 5.69 Å². The molecule has 7 heteroatoms. The molecule has 0 bridgehead atoms. The zero-order valence-corrected chi connectivity index (χ0v) is 16.8.